The first kappa shape index (κ1) is 18.7. The van der Waals surface area contributed by atoms with Gasteiger partial charge in [-0.15, -0.1) is 5.10 Å². The van der Waals surface area contributed by atoms with Gasteiger partial charge in [0.15, 0.2) is 11.5 Å². The lowest BCUT2D eigenvalue weighted by Crippen LogP contribution is -2.13. The van der Waals surface area contributed by atoms with Crippen LogP contribution in [0.4, 0.5) is 5.82 Å². The number of amides is 1. The van der Waals surface area contributed by atoms with Gasteiger partial charge in [0.05, 0.1) is 34.7 Å². The van der Waals surface area contributed by atoms with Crippen molar-refractivity contribution in [2.24, 2.45) is 0 Å². The summed E-state index contributed by atoms with van der Waals surface area (Å²) in [6, 6.07) is 21.1. The predicted octanol–water partition coefficient (Wildman–Crippen LogP) is 3.95. The van der Waals surface area contributed by atoms with Crippen molar-refractivity contribution < 1.29 is 4.79 Å². The van der Waals surface area contributed by atoms with Crippen molar-refractivity contribution >= 4 is 22.8 Å². The van der Waals surface area contributed by atoms with Crippen LogP contribution in [-0.2, 0) is 6.54 Å². The quantitative estimate of drug-likeness (QED) is 0.475. The van der Waals surface area contributed by atoms with E-state index in [0.29, 0.717) is 34.7 Å². The van der Waals surface area contributed by atoms with Crippen molar-refractivity contribution in [3.63, 3.8) is 0 Å². The van der Waals surface area contributed by atoms with E-state index < -0.39 is 0 Å². The third kappa shape index (κ3) is 3.55. The van der Waals surface area contributed by atoms with Crippen LogP contribution in [0.2, 0.25) is 0 Å². The maximum absolute atomic E-state index is 13.2. The molecule has 0 spiro atoms. The molecule has 0 aliphatic rings. The van der Waals surface area contributed by atoms with E-state index in [1.54, 1.807) is 27.8 Å². The molecule has 0 aliphatic heterocycles. The number of aromatic nitrogens is 6. The Balaban J connectivity index is 1.52. The standard InChI is InChI=1S/C23H19N7O/c1-2-29-22-19(14-24-29)18(13-20(25-22)16-9-5-3-6-10-16)23(31)26-21-15-30(28-27-21)17-11-7-4-8-12-17/h3-15H,2H2,1H3,(H,26,31). The number of benzene rings is 2. The first-order valence-electron chi connectivity index (χ1n) is 9.94. The van der Waals surface area contributed by atoms with E-state index >= 15 is 0 Å². The Hall–Kier alpha value is -4.33. The second-order valence-electron chi connectivity index (χ2n) is 6.96. The first-order valence-corrected chi connectivity index (χ1v) is 9.94. The molecular formula is C23H19N7O. The normalized spacial score (nSPS) is 11.0. The maximum Gasteiger partial charge on any atom is 0.257 e. The average Bonchev–Trinajstić information content (AvgIpc) is 3.46. The fraction of sp³-hybridized carbons (Fsp3) is 0.0870. The summed E-state index contributed by atoms with van der Waals surface area (Å²) in [6.45, 7) is 2.64. The molecule has 0 saturated heterocycles. The summed E-state index contributed by atoms with van der Waals surface area (Å²) in [5.74, 6) is 0.0725. The number of nitrogens with one attached hydrogen (secondary N) is 1. The number of pyridine rings is 1. The summed E-state index contributed by atoms with van der Waals surface area (Å²) in [7, 11) is 0. The zero-order chi connectivity index (χ0) is 21.2. The van der Waals surface area contributed by atoms with E-state index in [4.69, 9.17) is 4.98 Å². The lowest BCUT2D eigenvalue weighted by molar-refractivity contribution is 0.102. The van der Waals surface area contributed by atoms with E-state index in [1.165, 1.54) is 0 Å². The van der Waals surface area contributed by atoms with Crippen LogP contribution < -0.4 is 5.32 Å². The fourth-order valence-electron chi connectivity index (χ4n) is 3.44. The number of aryl methyl sites for hydroxylation is 1. The highest BCUT2D eigenvalue weighted by Crippen LogP contribution is 2.25. The summed E-state index contributed by atoms with van der Waals surface area (Å²) < 4.78 is 3.40. The van der Waals surface area contributed by atoms with E-state index in [2.05, 4.69) is 20.7 Å². The molecule has 0 saturated carbocycles. The Morgan fingerprint density at radius 3 is 2.52 bits per heavy atom. The number of rotatable bonds is 5. The molecule has 0 radical (unpaired) electrons. The highest BCUT2D eigenvalue weighted by molar-refractivity contribution is 6.12. The van der Waals surface area contributed by atoms with E-state index in [1.807, 2.05) is 67.6 Å². The number of nitrogens with zero attached hydrogens (tertiary/aromatic N) is 6. The molecule has 8 heteroatoms. The van der Waals surface area contributed by atoms with Crippen LogP contribution in [0.1, 0.15) is 17.3 Å². The lowest BCUT2D eigenvalue weighted by atomic mass is 10.1. The Morgan fingerprint density at radius 1 is 1.03 bits per heavy atom. The van der Waals surface area contributed by atoms with Gasteiger partial charge in [0.25, 0.3) is 5.91 Å². The number of fused-ring (bicyclic) bond motifs is 1. The summed E-state index contributed by atoms with van der Waals surface area (Å²) in [4.78, 5) is 18.0. The maximum atomic E-state index is 13.2. The zero-order valence-electron chi connectivity index (χ0n) is 16.8. The molecule has 3 heterocycles. The highest BCUT2D eigenvalue weighted by atomic mass is 16.1. The van der Waals surface area contributed by atoms with Gasteiger partial charge in [-0.3, -0.25) is 4.79 Å². The first-order chi connectivity index (χ1) is 15.2. The third-order valence-corrected chi connectivity index (χ3v) is 4.98. The second-order valence-corrected chi connectivity index (χ2v) is 6.96. The Kier molecular flexibility index (Phi) is 4.72. The van der Waals surface area contributed by atoms with Crippen molar-refractivity contribution in [2.45, 2.75) is 13.5 Å². The molecule has 152 valence electrons. The molecule has 31 heavy (non-hydrogen) atoms. The minimum Gasteiger partial charge on any atom is -0.304 e. The van der Waals surface area contributed by atoms with E-state index in [0.717, 1.165) is 11.3 Å². The molecule has 1 N–H and O–H groups in total. The van der Waals surface area contributed by atoms with Crippen LogP contribution in [0.15, 0.2) is 79.1 Å². The van der Waals surface area contributed by atoms with E-state index in [-0.39, 0.29) is 5.91 Å². The molecule has 0 fully saturated rings. The van der Waals surface area contributed by atoms with Gasteiger partial charge in [-0.25, -0.2) is 14.3 Å². The summed E-state index contributed by atoms with van der Waals surface area (Å²) >= 11 is 0. The van der Waals surface area contributed by atoms with Crippen LogP contribution in [-0.4, -0.2) is 35.7 Å². The molecule has 5 aromatic rings. The van der Waals surface area contributed by atoms with Gasteiger partial charge in [-0.2, -0.15) is 5.10 Å². The topological polar surface area (TPSA) is 90.5 Å². The third-order valence-electron chi connectivity index (χ3n) is 4.98. The van der Waals surface area contributed by atoms with Crippen LogP contribution in [0, 0.1) is 0 Å². The van der Waals surface area contributed by atoms with Gasteiger partial charge < -0.3 is 5.32 Å². The number of carbonyl (C=O) groups is 1. The number of para-hydroxylation sites is 1. The van der Waals surface area contributed by atoms with Crippen LogP contribution in [0.5, 0.6) is 0 Å². The Labute approximate surface area is 178 Å². The van der Waals surface area contributed by atoms with Gasteiger partial charge in [-0.1, -0.05) is 53.7 Å². The SMILES string of the molecule is CCn1ncc2c(C(=O)Nc3cn(-c4ccccc4)nn3)cc(-c3ccccc3)nc21. The van der Waals surface area contributed by atoms with Gasteiger partial charge in [-0.05, 0) is 25.1 Å². The molecule has 8 nitrogen and oxygen atoms in total. The monoisotopic (exact) mass is 409 g/mol. The van der Waals surface area contributed by atoms with Crippen molar-refractivity contribution in [1.82, 2.24) is 29.8 Å². The summed E-state index contributed by atoms with van der Waals surface area (Å²) in [6.07, 6.45) is 3.36. The molecule has 0 unspecified atom stereocenters. The number of anilines is 1. The molecule has 0 aliphatic carbocycles. The highest BCUT2D eigenvalue weighted by Gasteiger charge is 2.18. The predicted molar refractivity (Wildman–Crippen MR) is 118 cm³/mol. The molecule has 0 bridgehead atoms. The Bertz CT molecular complexity index is 1360. The largest absolute Gasteiger partial charge is 0.304 e. The van der Waals surface area contributed by atoms with Gasteiger partial charge in [0, 0.05) is 12.1 Å². The van der Waals surface area contributed by atoms with Crippen molar-refractivity contribution in [1.29, 1.82) is 0 Å². The van der Waals surface area contributed by atoms with Crippen molar-refractivity contribution in [3.05, 3.63) is 84.7 Å². The molecular weight excluding hydrogens is 390 g/mol. The molecule has 0 atom stereocenters. The number of hydrogen-bond acceptors (Lipinski definition) is 5. The van der Waals surface area contributed by atoms with Gasteiger partial charge in [0.1, 0.15) is 0 Å². The Morgan fingerprint density at radius 2 is 1.77 bits per heavy atom. The minimum absolute atomic E-state index is 0.291. The van der Waals surface area contributed by atoms with Crippen LogP contribution in [0.25, 0.3) is 28.0 Å². The lowest BCUT2D eigenvalue weighted by Gasteiger charge is -2.08. The number of carbonyl (C=O) groups excluding carboxylic acids is 1. The van der Waals surface area contributed by atoms with Crippen molar-refractivity contribution in [2.75, 3.05) is 5.32 Å². The fourth-order valence-corrected chi connectivity index (χ4v) is 3.44. The van der Waals surface area contributed by atoms with Crippen molar-refractivity contribution in [3.8, 4) is 16.9 Å². The van der Waals surface area contributed by atoms with E-state index in [9.17, 15) is 4.79 Å². The van der Waals surface area contributed by atoms with Crippen LogP contribution >= 0.6 is 0 Å². The summed E-state index contributed by atoms with van der Waals surface area (Å²) in [5, 5.41) is 16.1. The number of hydrogen-bond donors (Lipinski definition) is 1. The van der Waals surface area contributed by atoms with Gasteiger partial charge >= 0.3 is 0 Å². The smallest absolute Gasteiger partial charge is 0.257 e. The second kappa shape index (κ2) is 7.83. The molecule has 2 aromatic carbocycles. The van der Waals surface area contributed by atoms with Crippen LogP contribution in [0.3, 0.4) is 0 Å². The molecule has 1 amide bonds. The average molecular weight is 409 g/mol. The van der Waals surface area contributed by atoms with Gasteiger partial charge in [0.2, 0.25) is 0 Å². The molecule has 3 aromatic heterocycles. The molecule has 5 rings (SSSR count). The minimum atomic E-state index is -0.291. The summed E-state index contributed by atoms with van der Waals surface area (Å²) in [5.41, 5.74) is 3.65. The zero-order valence-corrected chi connectivity index (χ0v) is 16.8.